The van der Waals surface area contributed by atoms with E-state index >= 15 is 0 Å². The average Bonchev–Trinajstić information content (AvgIpc) is 3.00. The summed E-state index contributed by atoms with van der Waals surface area (Å²) in [4.78, 5) is 24.8. The Labute approximate surface area is 152 Å². The highest BCUT2D eigenvalue weighted by Crippen LogP contribution is 2.38. The van der Waals surface area contributed by atoms with Crippen molar-refractivity contribution in [3.63, 3.8) is 0 Å². The molecule has 1 unspecified atom stereocenters. The molecule has 0 aromatic heterocycles. The lowest BCUT2D eigenvalue weighted by Crippen LogP contribution is -2.41. The molecule has 1 amide bonds. The van der Waals surface area contributed by atoms with Gasteiger partial charge < -0.3 is 15.2 Å². The van der Waals surface area contributed by atoms with Crippen LogP contribution in [0.2, 0.25) is 5.02 Å². The number of halogens is 4. The number of anilines is 1. The molecule has 1 aromatic rings. The number of ether oxygens (including phenoxy) is 1. The van der Waals surface area contributed by atoms with Crippen LogP contribution in [0.3, 0.4) is 0 Å². The number of amides is 1. The van der Waals surface area contributed by atoms with Crippen molar-refractivity contribution in [1.29, 1.82) is 0 Å². The topological polar surface area (TPSA) is 78.9 Å². The van der Waals surface area contributed by atoms with Crippen LogP contribution in [-0.2, 0) is 9.59 Å². The molecule has 0 spiro atoms. The number of carboxylic acids is 1. The van der Waals surface area contributed by atoms with Gasteiger partial charge >= 0.3 is 12.1 Å². The fourth-order valence-corrected chi connectivity index (χ4v) is 3.09. The maximum Gasteiger partial charge on any atom is 0.393 e. The van der Waals surface area contributed by atoms with Gasteiger partial charge in [-0.25, -0.2) is 0 Å². The Bertz CT molecular complexity index is 699. The number of hydrogen-bond acceptors (Lipinski definition) is 4. The summed E-state index contributed by atoms with van der Waals surface area (Å²) < 4.78 is 44.3. The molecule has 1 aromatic carbocycles. The monoisotopic (exact) mass is 394 g/mol. The van der Waals surface area contributed by atoms with E-state index in [2.05, 4.69) is 5.32 Å². The number of methoxy groups -OCH3 is 1. The standard InChI is InChI=1S/C16H18ClF3N2O4/c1-8(14(23)21-12-5-9(17)3-4-13(12)26-2)22-6-10(15(24)25)11(7-22)16(18,19)20/h3-5,8,10-11H,6-7H2,1-2H3,(H,21,23)(H,24,25)/t8?,10-,11-/m1/s1. The van der Waals surface area contributed by atoms with Gasteiger partial charge in [0.1, 0.15) is 5.75 Å². The first-order valence-corrected chi connectivity index (χ1v) is 8.10. The molecule has 10 heteroatoms. The summed E-state index contributed by atoms with van der Waals surface area (Å²) in [6, 6.07) is 3.59. The highest BCUT2D eigenvalue weighted by Gasteiger charge is 2.53. The second kappa shape index (κ2) is 7.71. The average molecular weight is 395 g/mol. The van der Waals surface area contributed by atoms with Crippen LogP contribution in [0, 0.1) is 11.8 Å². The fraction of sp³-hybridized carbons (Fsp3) is 0.500. The number of carbonyl (C=O) groups excluding carboxylic acids is 1. The van der Waals surface area contributed by atoms with Crippen LogP contribution in [0.25, 0.3) is 0 Å². The quantitative estimate of drug-likeness (QED) is 0.803. The minimum Gasteiger partial charge on any atom is -0.495 e. The summed E-state index contributed by atoms with van der Waals surface area (Å²) in [5.74, 6) is -5.40. The van der Waals surface area contributed by atoms with Gasteiger partial charge in [0.2, 0.25) is 5.91 Å². The van der Waals surface area contributed by atoms with E-state index in [4.69, 9.17) is 21.4 Å². The Morgan fingerprint density at radius 2 is 2.04 bits per heavy atom. The molecule has 1 fully saturated rings. The van der Waals surface area contributed by atoms with Crippen molar-refractivity contribution in [2.24, 2.45) is 11.8 Å². The van der Waals surface area contributed by atoms with Gasteiger partial charge in [0.25, 0.3) is 0 Å². The molecule has 0 radical (unpaired) electrons. The molecular weight excluding hydrogens is 377 g/mol. The smallest absolute Gasteiger partial charge is 0.393 e. The van der Waals surface area contributed by atoms with Crippen LogP contribution in [0.15, 0.2) is 18.2 Å². The summed E-state index contributed by atoms with van der Waals surface area (Å²) in [5.41, 5.74) is 0.276. The maximum atomic E-state index is 13.1. The first-order chi connectivity index (χ1) is 12.0. The summed E-state index contributed by atoms with van der Waals surface area (Å²) >= 11 is 5.88. The number of benzene rings is 1. The van der Waals surface area contributed by atoms with Crippen LogP contribution >= 0.6 is 11.6 Å². The molecule has 0 bridgehead atoms. The third kappa shape index (κ3) is 4.39. The Morgan fingerprint density at radius 1 is 1.38 bits per heavy atom. The number of carbonyl (C=O) groups is 2. The van der Waals surface area contributed by atoms with Crippen molar-refractivity contribution in [3.8, 4) is 5.75 Å². The minimum atomic E-state index is -4.65. The predicted octanol–water partition coefficient (Wildman–Crippen LogP) is 2.87. The van der Waals surface area contributed by atoms with E-state index in [1.807, 2.05) is 0 Å². The molecule has 1 aliphatic rings. The fourth-order valence-electron chi connectivity index (χ4n) is 2.91. The molecule has 1 saturated heterocycles. The molecule has 1 heterocycles. The largest absolute Gasteiger partial charge is 0.495 e. The molecule has 144 valence electrons. The van der Waals surface area contributed by atoms with Crippen LogP contribution in [0.4, 0.5) is 18.9 Å². The SMILES string of the molecule is COc1ccc(Cl)cc1NC(=O)C(C)N1C[C@@H](C(F)(F)F)[C@H](C(=O)O)C1. The van der Waals surface area contributed by atoms with Crippen molar-refractivity contribution in [3.05, 3.63) is 23.2 Å². The number of nitrogens with one attached hydrogen (secondary N) is 1. The minimum absolute atomic E-state index is 0.276. The van der Waals surface area contributed by atoms with Gasteiger partial charge in [-0.15, -0.1) is 0 Å². The van der Waals surface area contributed by atoms with Crippen LogP contribution in [-0.4, -0.2) is 54.3 Å². The van der Waals surface area contributed by atoms with E-state index in [-0.39, 0.29) is 12.2 Å². The maximum absolute atomic E-state index is 13.1. The normalized spacial score (nSPS) is 22.1. The van der Waals surface area contributed by atoms with Gasteiger partial charge in [0.05, 0.1) is 30.7 Å². The van der Waals surface area contributed by atoms with Crippen LogP contribution < -0.4 is 10.1 Å². The lowest BCUT2D eigenvalue weighted by molar-refractivity contribution is -0.188. The zero-order valence-electron chi connectivity index (χ0n) is 14.0. The first kappa shape index (κ1) is 20.3. The highest BCUT2D eigenvalue weighted by atomic mass is 35.5. The zero-order valence-corrected chi connectivity index (χ0v) is 14.8. The molecule has 0 aliphatic carbocycles. The van der Waals surface area contributed by atoms with E-state index in [1.54, 1.807) is 12.1 Å². The molecule has 2 N–H and O–H groups in total. The van der Waals surface area contributed by atoms with E-state index in [1.165, 1.54) is 25.0 Å². The molecular formula is C16H18ClF3N2O4. The van der Waals surface area contributed by atoms with Gasteiger partial charge in [0, 0.05) is 18.1 Å². The number of likely N-dealkylation sites (tertiary alicyclic amines) is 1. The Hall–Kier alpha value is -2.00. The lowest BCUT2D eigenvalue weighted by atomic mass is 9.96. The van der Waals surface area contributed by atoms with Crippen molar-refractivity contribution >= 4 is 29.2 Å². The third-order valence-electron chi connectivity index (χ3n) is 4.43. The van der Waals surface area contributed by atoms with E-state index < -0.39 is 42.5 Å². The summed E-state index contributed by atoms with van der Waals surface area (Å²) in [6.45, 7) is 0.506. The number of carboxylic acid groups (broad SMARTS) is 1. The number of nitrogens with zero attached hydrogens (tertiary/aromatic N) is 1. The predicted molar refractivity (Wildman–Crippen MR) is 88.3 cm³/mol. The molecule has 3 atom stereocenters. The number of rotatable bonds is 5. The first-order valence-electron chi connectivity index (χ1n) is 7.72. The van der Waals surface area contributed by atoms with Gasteiger partial charge in [-0.2, -0.15) is 13.2 Å². The Morgan fingerprint density at radius 3 is 2.54 bits per heavy atom. The molecule has 1 aliphatic heterocycles. The second-order valence-corrected chi connectivity index (χ2v) is 6.49. The lowest BCUT2D eigenvalue weighted by Gasteiger charge is -2.24. The van der Waals surface area contributed by atoms with Gasteiger partial charge in [0.15, 0.2) is 0 Å². The van der Waals surface area contributed by atoms with Crippen molar-refractivity contribution in [1.82, 2.24) is 4.90 Å². The van der Waals surface area contributed by atoms with E-state index in [0.717, 1.165) is 0 Å². The van der Waals surface area contributed by atoms with Gasteiger partial charge in [-0.3, -0.25) is 14.5 Å². The summed E-state index contributed by atoms with van der Waals surface area (Å²) in [6.07, 6.45) is -4.65. The van der Waals surface area contributed by atoms with Crippen LogP contribution in [0.1, 0.15) is 6.92 Å². The molecule has 6 nitrogen and oxygen atoms in total. The summed E-state index contributed by atoms with van der Waals surface area (Å²) in [7, 11) is 1.40. The highest BCUT2D eigenvalue weighted by molar-refractivity contribution is 6.31. The van der Waals surface area contributed by atoms with Crippen molar-refractivity contribution in [2.45, 2.75) is 19.1 Å². The zero-order chi connectivity index (χ0) is 19.6. The number of alkyl halides is 3. The third-order valence-corrected chi connectivity index (χ3v) is 4.67. The van der Waals surface area contributed by atoms with E-state index in [0.29, 0.717) is 10.8 Å². The second-order valence-electron chi connectivity index (χ2n) is 6.06. The van der Waals surface area contributed by atoms with Gasteiger partial charge in [-0.1, -0.05) is 11.6 Å². The number of hydrogen-bond donors (Lipinski definition) is 2. The summed E-state index contributed by atoms with van der Waals surface area (Å²) in [5, 5.41) is 12.0. The van der Waals surface area contributed by atoms with Gasteiger partial charge in [-0.05, 0) is 25.1 Å². The van der Waals surface area contributed by atoms with Crippen molar-refractivity contribution < 1.29 is 32.6 Å². The molecule has 2 rings (SSSR count). The molecule has 26 heavy (non-hydrogen) atoms. The van der Waals surface area contributed by atoms with E-state index in [9.17, 15) is 22.8 Å². The van der Waals surface area contributed by atoms with Crippen molar-refractivity contribution in [2.75, 3.05) is 25.5 Å². The Kier molecular flexibility index (Phi) is 6.02. The number of aliphatic carboxylic acids is 1. The Balaban J connectivity index is 2.14. The van der Waals surface area contributed by atoms with Crippen LogP contribution in [0.5, 0.6) is 5.75 Å². The molecule has 0 saturated carbocycles.